The number of benzene rings is 1. The van der Waals surface area contributed by atoms with Gasteiger partial charge in [-0.15, -0.1) is 0 Å². The van der Waals surface area contributed by atoms with E-state index in [2.05, 4.69) is 12.2 Å². The molecule has 4 nitrogen and oxygen atoms in total. The van der Waals surface area contributed by atoms with Crippen LogP contribution in [-0.4, -0.2) is 33.2 Å². The summed E-state index contributed by atoms with van der Waals surface area (Å²) in [6, 6.07) is 5.73. The molecule has 19 heavy (non-hydrogen) atoms. The van der Waals surface area contributed by atoms with E-state index in [1.54, 1.807) is 0 Å². The summed E-state index contributed by atoms with van der Waals surface area (Å²) in [5.74, 6) is -0.272. The monoisotopic (exact) mass is 264 g/mol. The third kappa shape index (κ3) is 4.47. The van der Waals surface area contributed by atoms with Gasteiger partial charge in [-0.05, 0) is 31.5 Å². The fourth-order valence-corrected chi connectivity index (χ4v) is 1.80. The summed E-state index contributed by atoms with van der Waals surface area (Å²) in [6.45, 7) is 5.31. The summed E-state index contributed by atoms with van der Waals surface area (Å²) in [5, 5.41) is 3.36. The SMILES string of the molecule is CCCCNc1ccc(C(=O)OCC)c(N(C)C)c1. The Morgan fingerprint density at radius 3 is 2.63 bits per heavy atom. The van der Waals surface area contributed by atoms with Gasteiger partial charge in [-0.25, -0.2) is 4.79 Å². The minimum atomic E-state index is -0.272. The lowest BCUT2D eigenvalue weighted by atomic mass is 10.1. The van der Waals surface area contributed by atoms with Gasteiger partial charge in [0.15, 0.2) is 0 Å². The third-order valence-corrected chi connectivity index (χ3v) is 2.83. The number of hydrogen-bond acceptors (Lipinski definition) is 4. The fraction of sp³-hybridized carbons (Fsp3) is 0.533. The maximum atomic E-state index is 11.9. The molecule has 0 aliphatic carbocycles. The van der Waals surface area contributed by atoms with Crippen molar-refractivity contribution in [3.8, 4) is 0 Å². The average molecular weight is 264 g/mol. The molecule has 0 spiro atoms. The standard InChI is InChI=1S/C15H24N2O2/c1-5-7-10-16-12-8-9-13(15(18)19-6-2)14(11-12)17(3)4/h8-9,11,16H,5-7,10H2,1-4H3. The highest BCUT2D eigenvalue weighted by molar-refractivity contribution is 5.96. The number of ether oxygens (including phenoxy) is 1. The maximum Gasteiger partial charge on any atom is 0.340 e. The Bertz CT molecular complexity index is 417. The largest absolute Gasteiger partial charge is 0.462 e. The Balaban J connectivity index is 2.91. The number of nitrogens with zero attached hydrogens (tertiary/aromatic N) is 1. The summed E-state index contributed by atoms with van der Waals surface area (Å²) in [7, 11) is 3.85. The molecule has 0 aliphatic rings. The van der Waals surface area contributed by atoms with E-state index in [1.165, 1.54) is 0 Å². The van der Waals surface area contributed by atoms with Crippen molar-refractivity contribution in [1.82, 2.24) is 0 Å². The molecule has 0 amide bonds. The molecule has 0 heterocycles. The first kappa shape index (κ1) is 15.3. The first-order valence-corrected chi connectivity index (χ1v) is 6.82. The lowest BCUT2D eigenvalue weighted by Crippen LogP contribution is -2.16. The average Bonchev–Trinajstić information content (AvgIpc) is 2.39. The molecule has 0 aromatic heterocycles. The lowest BCUT2D eigenvalue weighted by Gasteiger charge is -2.18. The van der Waals surface area contributed by atoms with Gasteiger partial charge in [0, 0.05) is 26.3 Å². The minimum absolute atomic E-state index is 0.272. The van der Waals surface area contributed by atoms with Gasteiger partial charge in [-0.3, -0.25) is 0 Å². The van der Waals surface area contributed by atoms with Crippen molar-refractivity contribution in [2.24, 2.45) is 0 Å². The molecule has 0 radical (unpaired) electrons. The van der Waals surface area contributed by atoms with Crippen LogP contribution < -0.4 is 10.2 Å². The second-order valence-corrected chi connectivity index (χ2v) is 4.63. The van der Waals surface area contributed by atoms with E-state index in [4.69, 9.17) is 4.74 Å². The zero-order valence-electron chi connectivity index (χ0n) is 12.3. The van der Waals surface area contributed by atoms with Crippen LogP contribution in [0.5, 0.6) is 0 Å². The van der Waals surface area contributed by atoms with Crippen LogP contribution in [0.25, 0.3) is 0 Å². The summed E-state index contributed by atoms with van der Waals surface area (Å²) in [4.78, 5) is 13.8. The molecule has 0 atom stereocenters. The summed E-state index contributed by atoms with van der Waals surface area (Å²) >= 11 is 0. The molecule has 0 unspecified atom stereocenters. The van der Waals surface area contributed by atoms with Gasteiger partial charge in [0.25, 0.3) is 0 Å². The number of carbonyl (C=O) groups is 1. The molecule has 1 rings (SSSR count). The molecule has 0 saturated heterocycles. The number of esters is 1. The molecule has 0 bridgehead atoms. The number of rotatable bonds is 7. The van der Waals surface area contributed by atoms with Crippen LogP contribution >= 0.6 is 0 Å². The van der Waals surface area contributed by atoms with Crippen LogP contribution in [0.2, 0.25) is 0 Å². The van der Waals surface area contributed by atoms with Gasteiger partial charge in [0.05, 0.1) is 17.9 Å². The van der Waals surface area contributed by atoms with E-state index < -0.39 is 0 Å². The molecule has 1 aromatic rings. The summed E-state index contributed by atoms with van der Waals surface area (Å²) in [5.41, 5.74) is 2.51. The zero-order chi connectivity index (χ0) is 14.3. The highest BCUT2D eigenvalue weighted by Gasteiger charge is 2.14. The van der Waals surface area contributed by atoms with Crippen LogP contribution in [-0.2, 0) is 4.74 Å². The van der Waals surface area contributed by atoms with Crippen LogP contribution in [0, 0.1) is 0 Å². The molecule has 1 aromatic carbocycles. The fourth-order valence-electron chi connectivity index (χ4n) is 1.80. The number of hydrogen-bond donors (Lipinski definition) is 1. The van der Waals surface area contributed by atoms with Crippen molar-refractivity contribution >= 4 is 17.3 Å². The minimum Gasteiger partial charge on any atom is -0.462 e. The van der Waals surface area contributed by atoms with E-state index in [9.17, 15) is 4.79 Å². The molecule has 4 heteroatoms. The molecule has 106 valence electrons. The molecule has 0 fully saturated rings. The number of carbonyl (C=O) groups excluding carboxylic acids is 1. The Morgan fingerprint density at radius 2 is 2.05 bits per heavy atom. The maximum absolute atomic E-state index is 11.9. The molecule has 0 aliphatic heterocycles. The first-order valence-electron chi connectivity index (χ1n) is 6.82. The van der Waals surface area contributed by atoms with Crippen LogP contribution in [0.1, 0.15) is 37.0 Å². The van der Waals surface area contributed by atoms with Crippen molar-refractivity contribution in [2.45, 2.75) is 26.7 Å². The smallest absolute Gasteiger partial charge is 0.340 e. The Kier molecular flexibility index (Phi) is 6.19. The highest BCUT2D eigenvalue weighted by atomic mass is 16.5. The molecular weight excluding hydrogens is 240 g/mol. The van der Waals surface area contributed by atoms with E-state index in [0.717, 1.165) is 30.8 Å². The number of nitrogens with one attached hydrogen (secondary N) is 1. The van der Waals surface area contributed by atoms with Crippen molar-refractivity contribution in [2.75, 3.05) is 37.5 Å². The number of anilines is 2. The van der Waals surface area contributed by atoms with Gasteiger partial charge in [-0.2, -0.15) is 0 Å². The first-order chi connectivity index (χ1) is 9.10. The summed E-state index contributed by atoms with van der Waals surface area (Å²) < 4.78 is 5.07. The lowest BCUT2D eigenvalue weighted by molar-refractivity contribution is 0.0527. The Morgan fingerprint density at radius 1 is 1.32 bits per heavy atom. The van der Waals surface area contributed by atoms with Gasteiger partial charge >= 0.3 is 5.97 Å². The normalized spacial score (nSPS) is 10.1. The van der Waals surface area contributed by atoms with E-state index >= 15 is 0 Å². The van der Waals surface area contributed by atoms with Crippen LogP contribution in [0.4, 0.5) is 11.4 Å². The topological polar surface area (TPSA) is 41.6 Å². The van der Waals surface area contributed by atoms with Gasteiger partial charge in [0.2, 0.25) is 0 Å². The summed E-state index contributed by atoms with van der Waals surface area (Å²) in [6.07, 6.45) is 2.30. The number of unbranched alkanes of at least 4 members (excludes halogenated alkanes) is 1. The third-order valence-electron chi connectivity index (χ3n) is 2.83. The predicted octanol–water partition coefficient (Wildman–Crippen LogP) is 3.14. The second-order valence-electron chi connectivity index (χ2n) is 4.63. The van der Waals surface area contributed by atoms with Gasteiger partial charge in [0.1, 0.15) is 0 Å². The van der Waals surface area contributed by atoms with E-state index in [0.29, 0.717) is 12.2 Å². The predicted molar refractivity (Wildman–Crippen MR) is 80.1 cm³/mol. The highest BCUT2D eigenvalue weighted by Crippen LogP contribution is 2.24. The van der Waals surface area contributed by atoms with Crippen molar-refractivity contribution in [3.63, 3.8) is 0 Å². The molecular formula is C15H24N2O2. The van der Waals surface area contributed by atoms with Crippen molar-refractivity contribution in [1.29, 1.82) is 0 Å². The van der Waals surface area contributed by atoms with E-state index in [1.807, 2.05) is 44.1 Å². The Labute approximate surface area is 115 Å². The zero-order valence-corrected chi connectivity index (χ0v) is 12.3. The molecule has 0 saturated carbocycles. The van der Waals surface area contributed by atoms with Gasteiger partial charge in [-0.1, -0.05) is 13.3 Å². The van der Waals surface area contributed by atoms with Crippen molar-refractivity contribution < 1.29 is 9.53 Å². The van der Waals surface area contributed by atoms with E-state index in [-0.39, 0.29) is 5.97 Å². The van der Waals surface area contributed by atoms with Gasteiger partial charge < -0.3 is 15.0 Å². The molecule has 1 N–H and O–H groups in total. The quantitative estimate of drug-likeness (QED) is 0.607. The van der Waals surface area contributed by atoms with Crippen molar-refractivity contribution in [3.05, 3.63) is 23.8 Å². The second kappa shape index (κ2) is 7.67. The van der Waals surface area contributed by atoms with Crippen LogP contribution in [0.3, 0.4) is 0 Å². The Hall–Kier alpha value is -1.71. The van der Waals surface area contributed by atoms with Crippen LogP contribution in [0.15, 0.2) is 18.2 Å².